The lowest BCUT2D eigenvalue weighted by Crippen LogP contribution is -2.32. The summed E-state index contributed by atoms with van der Waals surface area (Å²) >= 11 is 0. The van der Waals surface area contributed by atoms with Crippen molar-refractivity contribution >= 4 is 17.4 Å². The quantitative estimate of drug-likeness (QED) is 0.784. The second-order valence-electron chi connectivity index (χ2n) is 6.40. The molecular weight excluding hydrogens is 314 g/mol. The molecule has 0 aliphatic carbocycles. The molecule has 0 radical (unpaired) electrons. The molecule has 0 atom stereocenters. The van der Waals surface area contributed by atoms with Crippen LogP contribution < -0.4 is 20.3 Å². The van der Waals surface area contributed by atoms with Crippen molar-refractivity contribution in [2.24, 2.45) is 0 Å². The SMILES string of the molecule is Cc1cc(C)c(OCCNC(=O)Nc2ccc(N(C)C)cc2)c(C)c1. The van der Waals surface area contributed by atoms with Gasteiger partial charge in [0.05, 0.1) is 6.54 Å². The van der Waals surface area contributed by atoms with E-state index in [2.05, 4.69) is 29.7 Å². The van der Waals surface area contributed by atoms with Gasteiger partial charge < -0.3 is 20.3 Å². The highest BCUT2D eigenvalue weighted by Crippen LogP contribution is 2.24. The summed E-state index contributed by atoms with van der Waals surface area (Å²) in [5, 5.41) is 5.62. The molecule has 2 amide bonds. The van der Waals surface area contributed by atoms with Gasteiger partial charge in [-0.15, -0.1) is 0 Å². The Bertz CT molecular complexity index is 701. The molecule has 25 heavy (non-hydrogen) atoms. The van der Waals surface area contributed by atoms with Crippen molar-refractivity contribution in [3.8, 4) is 5.75 Å². The van der Waals surface area contributed by atoms with Gasteiger partial charge in [0.1, 0.15) is 12.4 Å². The minimum Gasteiger partial charge on any atom is -0.491 e. The van der Waals surface area contributed by atoms with Gasteiger partial charge in [0.15, 0.2) is 0 Å². The fourth-order valence-corrected chi connectivity index (χ4v) is 2.73. The van der Waals surface area contributed by atoms with Gasteiger partial charge in [-0.25, -0.2) is 4.79 Å². The molecule has 0 aliphatic rings. The van der Waals surface area contributed by atoms with Gasteiger partial charge >= 0.3 is 6.03 Å². The lowest BCUT2D eigenvalue weighted by Gasteiger charge is -2.14. The first kappa shape index (κ1) is 18.6. The van der Waals surface area contributed by atoms with Crippen LogP contribution in [-0.2, 0) is 0 Å². The highest BCUT2D eigenvalue weighted by molar-refractivity contribution is 5.89. The smallest absolute Gasteiger partial charge is 0.319 e. The first-order valence-electron chi connectivity index (χ1n) is 8.39. The van der Waals surface area contributed by atoms with Crippen LogP contribution in [0.5, 0.6) is 5.75 Å². The number of carbonyl (C=O) groups excluding carboxylic acids is 1. The third-order valence-electron chi connectivity index (χ3n) is 3.88. The van der Waals surface area contributed by atoms with E-state index >= 15 is 0 Å². The summed E-state index contributed by atoms with van der Waals surface area (Å²) in [6.45, 7) is 7.01. The summed E-state index contributed by atoms with van der Waals surface area (Å²) < 4.78 is 5.82. The number of aryl methyl sites for hydroxylation is 3. The molecule has 134 valence electrons. The maximum Gasteiger partial charge on any atom is 0.319 e. The zero-order valence-electron chi connectivity index (χ0n) is 15.6. The molecular formula is C20H27N3O2. The van der Waals surface area contributed by atoms with E-state index < -0.39 is 0 Å². The summed E-state index contributed by atoms with van der Waals surface area (Å²) in [6.07, 6.45) is 0. The van der Waals surface area contributed by atoms with E-state index in [1.54, 1.807) is 0 Å². The van der Waals surface area contributed by atoms with Gasteiger partial charge in [0.25, 0.3) is 0 Å². The maximum absolute atomic E-state index is 11.9. The van der Waals surface area contributed by atoms with Gasteiger partial charge in [0, 0.05) is 25.5 Å². The van der Waals surface area contributed by atoms with Crippen molar-refractivity contribution in [1.29, 1.82) is 0 Å². The third-order valence-corrected chi connectivity index (χ3v) is 3.88. The molecule has 2 aromatic carbocycles. The molecule has 2 rings (SSSR count). The Kier molecular flexibility index (Phi) is 6.28. The molecule has 0 aliphatic heterocycles. The van der Waals surface area contributed by atoms with Crippen LogP contribution in [0.4, 0.5) is 16.2 Å². The van der Waals surface area contributed by atoms with E-state index in [0.29, 0.717) is 13.2 Å². The maximum atomic E-state index is 11.9. The third kappa shape index (κ3) is 5.41. The van der Waals surface area contributed by atoms with Crippen LogP contribution in [-0.4, -0.2) is 33.3 Å². The average molecular weight is 341 g/mol. The molecule has 0 heterocycles. The fraction of sp³-hybridized carbons (Fsp3) is 0.350. The molecule has 5 nitrogen and oxygen atoms in total. The number of hydrogen-bond donors (Lipinski definition) is 2. The van der Waals surface area contributed by atoms with Crippen LogP contribution in [0.2, 0.25) is 0 Å². The molecule has 0 saturated carbocycles. The van der Waals surface area contributed by atoms with Crippen molar-refractivity contribution in [2.45, 2.75) is 20.8 Å². The van der Waals surface area contributed by atoms with Crippen molar-refractivity contribution < 1.29 is 9.53 Å². The number of rotatable bonds is 6. The lowest BCUT2D eigenvalue weighted by molar-refractivity contribution is 0.247. The van der Waals surface area contributed by atoms with Crippen LogP contribution in [0.3, 0.4) is 0 Å². The zero-order chi connectivity index (χ0) is 18.4. The Hall–Kier alpha value is -2.69. The number of anilines is 2. The molecule has 0 bridgehead atoms. The molecule has 0 fully saturated rings. The number of nitrogens with zero attached hydrogens (tertiary/aromatic N) is 1. The molecule has 2 aromatic rings. The van der Waals surface area contributed by atoms with Gasteiger partial charge in [-0.2, -0.15) is 0 Å². The monoisotopic (exact) mass is 341 g/mol. The molecule has 0 aromatic heterocycles. The molecule has 0 unspecified atom stereocenters. The van der Waals surface area contributed by atoms with Crippen molar-refractivity contribution in [3.63, 3.8) is 0 Å². The van der Waals surface area contributed by atoms with Gasteiger partial charge in [0.2, 0.25) is 0 Å². The van der Waals surface area contributed by atoms with Gasteiger partial charge in [-0.3, -0.25) is 0 Å². The summed E-state index contributed by atoms with van der Waals surface area (Å²) in [6, 6.07) is 11.6. The fourth-order valence-electron chi connectivity index (χ4n) is 2.73. The van der Waals surface area contributed by atoms with Crippen molar-refractivity contribution in [3.05, 3.63) is 53.1 Å². The van der Waals surface area contributed by atoms with Gasteiger partial charge in [-0.1, -0.05) is 17.7 Å². The first-order chi connectivity index (χ1) is 11.9. The molecule has 5 heteroatoms. The molecule has 0 saturated heterocycles. The van der Waals surface area contributed by atoms with Crippen LogP contribution in [0.15, 0.2) is 36.4 Å². The predicted octanol–water partition coefficient (Wildman–Crippen LogP) is 3.88. The topological polar surface area (TPSA) is 53.6 Å². The van der Waals surface area contributed by atoms with Crippen LogP contribution in [0, 0.1) is 20.8 Å². The highest BCUT2D eigenvalue weighted by atomic mass is 16.5. The second kappa shape index (κ2) is 8.42. The van der Waals surface area contributed by atoms with Crippen LogP contribution in [0.25, 0.3) is 0 Å². The summed E-state index contributed by atoms with van der Waals surface area (Å²) in [5.41, 5.74) is 5.29. The largest absolute Gasteiger partial charge is 0.491 e. The number of amides is 2. The summed E-state index contributed by atoms with van der Waals surface area (Å²) in [7, 11) is 3.96. The van der Waals surface area contributed by atoms with Crippen molar-refractivity contribution in [2.75, 3.05) is 37.5 Å². The summed E-state index contributed by atoms with van der Waals surface area (Å²) in [5.74, 6) is 0.895. The standard InChI is InChI=1S/C20H27N3O2/c1-14-12-15(2)19(16(3)13-14)25-11-10-21-20(24)22-17-6-8-18(9-7-17)23(4)5/h6-9,12-13H,10-11H2,1-5H3,(H2,21,22,24). The van der Waals surface area contributed by atoms with E-state index in [4.69, 9.17) is 4.74 Å². The number of carbonyl (C=O) groups is 1. The van der Waals surface area contributed by atoms with E-state index in [0.717, 1.165) is 28.3 Å². The van der Waals surface area contributed by atoms with Gasteiger partial charge in [-0.05, 0) is 56.2 Å². The second-order valence-corrected chi connectivity index (χ2v) is 6.40. The Balaban J connectivity index is 1.77. The summed E-state index contributed by atoms with van der Waals surface area (Å²) in [4.78, 5) is 13.9. The predicted molar refractivity (Wildman–Crippen MR) is 104 cm³/mol. The van der Waals surface area contributed by atoms with E-state index in [1.165, 1.54) is 5.56 Å². The average Bonchev–Trinajstić information content (AvgIpc) is 2.53. The lowest BCUT2D eigenvalue weighted by atomic mass is 10.1. The zero-order valence-corrected chi connectivity index (χ0v) is 15.6. The number of hydrogen-bond acceptors (Lipinski definition) is 3. The minimum atomic E-state index is -0.237. The Labute approximate surface area is 150 Å². The highest BCUT2D eigenvalue weighted by Gasteiger charge is 2.06. The number of urea groups is 1. The van der Waals surface area contributed by atoms with Crippen LogP contribution >= 0.6 is 0 Å². The normalized spacial score (nSPS) is 10.3. The van der Waals surface area contributed by atoms with Crippen LogP contribution in [0.1, 0.15) is 16.7 Å². The molecule has 0 spiro atoms. The number of nitrogens with one attached hydrogen (secondary N) is 2. The van der Waals surface area contributed by atoms with Crippen molar-refractivity contribution in [1.82, 2.24) is 5.32 Å². The van der Waals surface area contributed by atoms with E-state index in [9.17, 15) is 4.79 Å². The number of ether oxygens (including phenoxy) is 1. The van der Waals surface area contributed by atoms with E-state index in [-0.39, 0.29) is 6.03 Å². The Morgan fingerprint density at radius 2 is 1.64 bits per heavy atom. The Morgan fingerprint density at radius 1 is 1.04 bits per heavy atom. The first-order valence-corrected chi connectivity index (χ1v) is 8.39. The Morgan fingerprint density at radius 3 is 2.20 bits per heavy atom. The molecule has 2 N–H and O–H groups in total. The number of benzene rings is 2. The van der Waals surface area contributed by atoms with E-state index in [1.807, 2.05) is 57.1 Å². The minimum absolute atomic E-state index is 0.237.